The van der Waals surface area contributed by atoms with E-state index in [1.807, 2.05) is 121 Å². The lowest BCUT2D eigenvalue weighted by Gasteiger charge is -2.29. The summed E-state index contributed by atoms with van der Waals surface area (Å²) in [6.45, 7) is 2.94. The Hall–Kier alpha value is -7.44. The highest BCUT2D eigenvalue weighted by Gasteiger charge is 2.34. The van der Waals surface area contributed by atoms with Crippen molar-refractivity contribution in [3.8, 4) is 89.0 Å². The minimum atomic E-state index is -4.49. The summed E-state index contributed by atoms with van der Waals surface area (Å²) in [5.74, 6) is 0. The van der Waals surface area contributed by atoms with E-state index in [1.165, 1.54) is 38.1 Å². The fourth-order valence-corrected chi connectivity index (χ4v) is 8.77. The first kappa shape index (κ1) is 41.9. The Morgan fingerprint density at radius 1 is 0.234 bits per heavy atom. The van der Waals surface area contributed by atoms with Gasteiger partial charge in [0.15, 0.2) is 0 Å². The zero-order valence-electron chi connectivity index (χ0n) is 34.9. The third kappa shape index (κ3) is 8.15. The zero-order valence-corrected chi connectivity index (χ0v) is 34.9. The first-order valence-corrected chi connectivity index (χ1v) is 20.9. The fourth-order valence-electron chi connectivity index (χ4n) is 8.77. The maximum absolute atomic E-state index is 14.1. The van der Waals surface area contributed by atoms with Crippen LogP contribution in [0.25, 0.3) is 89.0 Å². The summed E-state index contributed by atoms with van der Waals surface area (Å²) < 4.78 is 84.5. The van der Waals surface area contributed by atoms with E-state index >= 15 is 0 Å². The molecule has 0 heterocycles. The molecular weight excluding hydrogens is 811 g/mol. The van der Waals surface area contributed by atoms with E-state index in [0.29, 0.717) is 22.3 Å². The van der Waals surface area contributed by atoms with Gasteiger partial charge in [0.25, 0.3) is 0 Å². The molecule has 0 fully saturated rings. The number of alkyl halides is 6. The number of hydrogen-bond donors (Lipinski definition) is 0. The summed E-state index contributed by atoms with van der Waals surface area (Å²) in [5.41, 5.74) is 12.4. The second kappa shape index (κ2) is 17.0. The molecule has 0 saturated heterocycles. The zero-order chi connectivity index (χ0) is 44.6. The molecule has 9 aromatic rings. The molecule has 64 heavy (non-hydrogen) atoms. The minimum absolute atomic E-state index is 0.162. The van der Waals surface area contributed by atoms with Gasteiger partial charge in [-0.2, -0.15) is 26.3 Å². The fraction of sp³-hybridized carbons (Fsp3) is 0.0690. The van der Waals surface area contributed by atoms with Crippen LogP contribution in [0.2, 0.25) is 0 Å². The molecule has 0 aromatic heterocycles. The van der Waals surface area contributed by atoms with Gasteiger partial charge in [-0.1, -0.05) is 194 Å². The van der Waals surface area contributed by atoms with Gasteiger partial charge in [0.2, 0.25) is 0 Å². The Balaban J connectivity index is 1.39. The molecular formula is C58H40F6. The van der Waals surface area contributed by atoms with Crippen LogP contribution >= 0.6 is 0 Å². The van der Waals surface area contributed by atoms with E-state index in [0.717, 1.165) is 66.8 Å². The lowest BCUT2D eigenvalue weighted by atomic mass is 9.74. The Morgan fingerprint density at radius 3 is 0.672 bits per heavy atom. The summed E-state index contributed by atoms with van der Waals surface area (Å²) in [4.78, 5) is 0. The van der Waals surface area contributed by atoms with Crippen LogP contribution in [-0.4, -0.2) is 0 Å². The van der Waals surface area contributed by atoms with E-state index in [9.17, 15) is 26.3 Å². The van der Waals surface area contributed by atoms with Gasteiger partial charge in [0, 0.05) is 0 Å². The maximum atomic E-state index is 14.1. The predicted molar refractivity (Wildman–Crippen MR) is 249 cm³/mol. The molecule has 314 valence electrons. The second-order valence-corrected chi connectivity index (χ2v) is 15.9. The van der Waals surface area contributed by atoms with Crippen LogP contribution in [-0.2, 0) is 12.4 Å². The van der Waals surface area contributed by atoms with Crippen molar-refractivity contribution in [1.29, 1.82) is 0 Å². The van der Waals surface area contributed by atoms with Gasteiger partial charge in [-0.25, -0.2) is 0 Å². The third-order valence-electron chi connectivity index (χ3n) is 11.8. The number of rotatable bonds is 8. The molecule has 0 unspecified atom stereocenters. The molecule has 9 rings (SSSR count). The minimum Gasteiger partial charge on any atom is -0.166 e. The second-order valence-electron chi connectivity index (χ2n) is 15.9. The molecule has 0 bridgehead atoms. The van der Waals surface area contributed by atoms with Crippen molar-refractivity contribution in [1.82, 2.24) is 0 Å². The van der Waals surface area contributed by atoms with Crippen LogP contribution in [0, 0.1) is 13.8 Å². The number of halogens is 6. The van der Waals surface area contributed by atoms with E-state index < -0.39 is 23.5 Å². The van der Waals surface area contributed by atoms with Gasteiger partial charge in [0.1, 0.15) is 0 Å². The summed E-state index contributed by atoms with van der Waals surface area (Å²) in [7, 11) is 0. The van der Waals surface area contributed by atoms with Gasteiger partial charge in [-0.3, -0.25) is 0 Å². The van der Waals surface area contributed by atoms with Gasteiger partial charge in [-0.15, -0.1) is 0 Å². The molecule has 0 aliphatic carbocycles. The van der Waals surface area contributed by atoms with Gasteiger partial charge in [-0.05, 0) is 126 Å². The quantitative estimate of drug-likeness (QED) is 0.134. The maximum Gasteiger partial charge on any atom is 0.416 e. The van der Waals surface area contributed by atoms with Crippen molar-refractivity contribution < 1.29 is 26.3 Å². The summed E-state index contributed by atoms with van der Waals surface area (Å²) in [5, 5.41) is 0. The SMILES string of the molecule is Cc1ccc(-c2ccc(-c3c(-c4ccccc4)c(-c4ccccc4)c(-c4ccc(-c5ccc(C)c(C(F)(F)F)c5)cc4)c(-c4ccccc4)c3-c3ccccc3)cc2)cc1C(F)(F)F. The van der Waals surface area contributed by atoms with E-state index in [2.05, 4.69) is 48.5 Å². The normalized spacial score (nSPS) is 11.8. The molecule has 6 heteroatoms. The topological polar surface area (TPSA) is 0 Å². The van der Waals surface area contributed by atoms with E-state index in [4.69, 9.17) is 0 Å². The first-order chi connectivity index (χ1) is 30.9. The third-order valence-corrected chi connectivity index (χ3v) is 11.8. The summed E-state index contributed by atoms with van der Waals surface area (Å²) >= 11 is 0. The smallest absolute Gasteiger partial charge is 0.166 e. The Kier molecular flexibility index (Phi) is 11.1. The standard InChI is InChI=1S/C58H40F6/c1-37-23-25-47(35-49(37)57(59,60)61)39-27-31-45(32-28-39)55-51(41-15-7-3-8-16-41)53(43-19-11-5-12-20-43)56(54(44-21-13-6-14-22-44)52(55)42-17-9-4-10-18-42)46-33-29-40(30-34-46)48-26-24-38(2)50(36-48)58(62,63)64/h3-36H,1-2H3. The molecule has 0 amide bonds. The lowest BCUT2D eigenvalue weighted by molar-refractivity contribution is -0.138. The van der Waals surface area contributed by atoms with Crippen LogP contribution in [0.1, 0.15) is 22.3 Å². The van der Waals surface area contributed by atoms with E-state index in [1.54, 1.807) is 12.1 Å². The Morgan fingerprint density at radius 2 is 0.438 bits per heavy atom. The summed E-state index contributed by atoms with van der Waals surface area (Å²) in [6.07, 6.45) is -8.98. The van der Waals surface area contributed by atoms with Crippen molar-refractivity contribution in [2.24, 2.45) is 0 Å². The molecule has 0 N–H and O–H groups in total. The largest absolute Gasteiger partial charge is 0.416 e. The van der Waals surface area contributed by atoms with Crippen LogP contribution in [0.4, 0.5) is 26.3 Å². The highest BCUT2D eigenvalue weighted by atomic mass is 19.4. The van der Waals surface area contributed by atoms with Crippen molar-refractivity contribution in [3.05, 3.63) is 229 Å². The van der Waals surface area contributed by atoms with Crippen LogP contribution in [0.3, 0.4) is 0 Å². The van der Waals surface area contributed by atoms with Crippen LogP contribution in [0.15, 0.2) is 206 Å². The van der Waals surface area contributed by atoms with Crippen LogP contribution < -0.4 is 0 Å². The van der Waals surface area contributed by atoms with Gasteiger partial charge in [0.05, 0.1) is 11.1 Å². The summed E-state index contributed by atoms with van der Waals surface area (Å²) in [6, 6.07) is 65.0. The highest BCUT2D eigenvalue weighted by molar-refractivity contribution is 6.15. The Labute approximate surface area is 368 Å². The molecule has 0 aliphatic heterocycles. The number of hydrogen-bond acceptors (Lipinski definition) is 0. The van der Waals surface area contributed by atoms with Crippen LogP contribution in [0.5, 0.6) is 0 Å². The van der Waals surface area contributed by atoms with Crippen molar-refractivity contribution >= 4 is 0 Å². The molecule has 0 atom stereocenters. The van der Waals surface area contributed by atoms with Gasteiger partial charge >= 0.3 is 12.4 Å². The first-order valence-electron chi connectivity index (χ1n) is 20.9. The van der Waals surface area contributed by atoms with Crippen molar-refractivity contribution in [2.75, 3.05) is 0 Å². The van der Waals surface area contributed by atoms with Crippen molar-refractivity contribution in [2.45, 2.75) is 26.2 Å². The molecule has 0 spiro atoms. The molecule has 0 radical (unpaired) electrons. The predicted octanol–water partition coefficient (Wildman–Crippen LogP) is 17.7. The number of benzene rings is 9. The average Bonchev–Trinajstić information content (AvgIpc) is 3.31. The van der Waals surface area contributed by atoms with E-state index in [-0.39, 0.29) is 11.1 Å². The monoisotopic (exact) mass is 850 g/mol. The van der Waals surface area contributed by atoms with Crippen molar-refractivity contribution in [3.63, 3.8) is 0 Å². The lowest BCUT2D eigenvalue weighted by Crippen LogP contribution is -2.07. The molecule has 9 aromatic carbocycles. The molecule has 0 aliphatic rings. The molecule has 0 nitrogen and oxygen atoms in total. The molecule has 0 saturated carbocycles. The average molecular weight is 851 g/mol. The highest BCUT2D eigenvalue weighted by Crippen LogP contribution is 2.56. The Bertz CT molecular complexity index is 2760. The van der Waals surface area contributed by atoms with Gasteiger partial charge < -0.3 is 0 Å². The number of aryl methyl sites for hydroxylation is 2.